The van der Waals surface area contributed by atoms with Crippen LogP contribution in [0.1, 0.15) is 25.7 Å². The van der Waals surface area contributed by atoms with E-state index >= 15 is 0 Å². The highest BCUT2D eigenvalue weighted by atomic mass is 16.3. The molecule has 1 aliphatic carbocycles. The summed E-state index contributed by atoms with van der Waals surface area (Å²) in [6, 6.07) is 0. The molecule has 0 heterocycles. The van der Waals surface area contributed by atoms with E-state index in [-0.39, 0.29) is 0 Å². The van der Waals surface area contributed by atoms with E-state index in [0.717, 1.165) is 25.7 Å². The van der Waals surface area contributed by atoms with Gasteiger partial charge in [-0.25, -0.2) is 0 Å². The van der Waals surface area contributed by atoms with E-state index in [2.05, 4.69) is 5.32 Å². The van der Waals surface area contributed by atoms with Crippen LogP contribution < -0.4 is 5.32 Å². The van der Waals surface area contributed by atoms with Crippen molar-refractivity contribution in [1.29, 1.82) is 0 Å². The summed E-state index contributed by atoms with van der Waals surface area (Å²) in [6.45, 7) is 0.494. The van der Waals surface area contributed by atoms with Crippen molar-refractivity contribution in [3.05, 3.63) is 0 Å². The number of nitrogens with one attached hydrogen (secondary N) is 1. The van der Waals surface area contributed by atoms with Crippen molar-refractivity contribution < 1.29 is 10.2 Å². The molecule has 0 aromatic heterocycles. The fourth-order valence-electron chi connectivity index (χ4n) is 1.72. The average Bonchev–Trinajstić information content (AvgIpc) is 1.96. The molecular weight excluding hydrogens is 142 g/mol. The Hall–Kier alpha value is -0.120. The Balaban J connectivity index is 2.49. The van der Waals surface area contributed by atoms with Gasteiger partial charge in [0.1, 0.15) is 5.60 Å². The molecule has 11 heavy (non-hydrogen) atoms. The number of aliphatic hydroxyl groups is 2. The third-order valence-electron chi connectivity index (χ3n) is 2.44. The van der Waals surface area contributed by atoms with Crippen molar-refractivity contribution >= 4 is 0 Å². The molecule has 3 heteroatoms. The number of hydrogen-bond acceptors (Lipinski definition) is 3. The molecule has 2 atom stereocenters. The number of aliphatic hydroxyl groups excluding tert-OH is 1. The molecule has 1 aliphatic rings. The smallest absolute Gasteiger partial charge is 0.103 e. The third kappa shape index (κ3) is 1.92. The first kappa shape index (κ1) is 8.97. The van der Waals surface area contributed by atoms with Crippen LogP contribution in [-0.2, 0) is 0 Å². The van der Waals surface area contributed by atoms with Gasteiger partial charge in [0, 0.05) is 6.54 Å². The molecule has 66 valence electrons. The van der Waals surface area contributed by atoms with Gasteiger partial charge in [0.15, 0.2) is 0 Å². The van der Waals surface area contributed by atoms with Crippen LogP contribution in [-0.4, -0.2) is 35.5 Å². The minimum absolute atomic E-state index is 0.494. The summed E-state index contributed by atoms with van der Waals surface area (Å²) >= 11 is 0. The van der Waals surface area contributed by atoms with E-state index in [9.17, 15) is 10.2 Å². The van der Waals surface area contributed by atoms with Gasteiger partial charge in [-0.2, -0.15) is 0 Å². The minimum Gasteiger partial charge on any atom is -0.390 e. The fraction of sp³-hybridized carbons (Fsp3) is 1.00. The molecule has 0 bridgehead atoms. The van der Waals surface area contributed by atoms with Gasteiger partial charge in [-0.3, -0.25) is 0 Å². The molecule has 2 unspecified atom stereocenters. The Bertz CT molecular complexity index is 125. The maximum Gasteiger partial charge on any atom is 0.103 e. The molecule has 3 nitrogen and oxygen atoms in total. The lowest BCUT2D eigenvalue weighted by Gasteiger charge is -2.36. The van der Waals surface area contributed by atoms with Crippen LogP contribution >= 0.6 is 0 Å². The van der Waals surface area contributed by atoms with Crippen LogP contribution in [0.5, 0.6) is 0 Å². The van der Waals surface area contributed by atoms with Gasteiger partial charge < -0.3 is 15.5 Å². The summed E-state index contributed by atoms with van der Waals surface area (Å²) < 4.78 is 0. The molecule has 0 amide bonds. The lowest BCUT2D eigenvalue weighted by molar-refractivity contribution is -0.0964. The standard InChI is InChI=1S/C8H17NO2/c1-9-6-8(11)5-3-2-4-7(8)10/h7,9-11H,2-6H2,1H3. The summed E-state index contributed by atoms with van der Waals surface area (Å²) in [5, 5.41) is 22.2. The summed E-state index contributed by atoms with van der Waals surface area (Å²) in [5.74, 6) is 0. The van der Waals surface area contributed by atoms with Crippen LogP contribution in [0, 0.1) is 0 Å². The first-order chi connectivity index (χ1) is 5.19. The van der Waals surface area contributed by atoms with Gasteiger partial charge in [-0.05, 0) is 19.9 Å². The molecule has 0 aromatic carbocycles. The highest BCUT2D eigenvalue weighted by Crippen LogP contribution is 2.27. The molecule has 3 N–H and O–H groups in total. The van der Waals surface area contributed by atoms with Gasteiger partial charge in [0.25, 0.3) is 0 Å². The fourth-order valence-corrected chi connectivity index (χ4v) is 1.72. The molecule has 0 saturated heterocycles. The molecular formula is C8H17NO2. The predicted octanol–water partition coefficient (Wildman–Crippen LogP) is -0.128. The van der Waals surface area contributed by atoms with E-state index < -0.39 is 11.7 Å². The minimum atomic E-state index is -0.868. The van der Waals surface area contributed by atoms with Crippen molar-refractivity contribution in [2.75, 3.05) is 13.6 Å². The first-order valence-electron chi connectivity index (χ1n) is 4.24. The lowest BCUT2D eigenvalue weighted by atomic mass is 9.82. The highest BCUT2D eigenvalue weighted by molar-refractivity contribution is 4.91. The highest BCUT2D eigenvalue weighted by Gasteiger charge is 2.36. The lowest BCUT2D eigenvalue weighted by Crippen LogP contribution is -2.51. The number of likely N-dealkylation sites (N-methyl/N-ethyl adjacent to an activating group) is 1. The summed E-state index contributed by atoms with van der Waals surface area (Å²) in [4.78, 5) is 0. The zero-order chi connectivity index (χ0) is 8.32. The largest absolute Gasteiger partial charge is 0.390 e. The molecule has 0 radical (unpaired) electrons. The van der Waals surface area contributed by atoms with E-state index in [1.54, 1.807) is 7.05 Å². The second kappa shape index (κ2) is 3.52. The monoisotopic (exact) mass is 159 g/mol. The van der Waals surface area contributed by atoms with E-state index in [1.165, 1.54) is 0 Å². The Labute approximate surface area is 67.4 Å². The van der Waals surface area contributed by atoms with Crippen LogP contribution in [0.25, 0.3) is 0 Å². The molecule has 1 saturated carbocycles. The van der Waals surface area contributed by atoms with Crippen molar-refractivity contribution in [2.24, 2.45) is 0 Å². The second-order valence-corrected chi connectivity index (χ2v) is 3.40. The van der Waals surface area contributed by atoms with Gasteiger partial charge >= 0.3 is 0 Å². The topological polar surface area (TPSA) is 52.5 Å². The van der Waals surface area contributed by atoms with E-state index in [4.69, 9.17) is 0 Å². The van der Waals surface area contributed by atoms with Gasteiger partial charge in [-0.1, -0.05) is 12.8 Å². The van der Waals surface area contributed by atoms with Crippen LogP contribution in [0.2, 0.25) is 0 Å². The van der Waals surface area contributed by atoms with Crippen LogP contribution in [0.3, 0.4) is 0 Å². The Kier molecular flexibility index (Phi) is 2.87. The van der Waals surface area contributed by atoms with E-state index in [0.29, 0.717) is 6.54 Å². The normalized spacial score (nSPS) is 39.0. The van der Waals surface area contributed by atoms with Crippen molar-refractivity contribution in [3.63, 3.8) is 0 Å². The number of rotatable bonds is 2. The Morgan fingerprint density at radius 1 is 1.55 bits per heavy atom. The number of hydrogen-bond donors (Lipinski definition) is 3. The van der Waals surface area contributed by atoms with Crippen molar-refractivity contribution in [1.82, 2.24) is 5.32 Å². The van der Waals surface area contributed by atoms with Gasteiger partial charge in [0.05, 0.1) is 6.10 Å². The molecule has 0 aromatic rings. The van der Waals surface area contributed by atoms with Crippen LogP contribution in [0.15, 0.2) is 0 Å². The third-order valence-corrected chi connectivity index (χ3v) is 2.44. The summed E-state index contributed by atoms with van der Waals surface area (Å²) in [7, 11) is 1.79. The van der Waals surface area contributed by atoms with Crippen LogP contribution in [0.4, 0.5) is 0 Å². The van der Waals surface area contributed by atoms with Gasteiger partial charge in [-0.15, -0.1) is 0 Å². The van der Waals surface area contributed by atoms with Gasteiger partial charge in [0.2, 0.25) is 0 Å². The molecule has 1 rings (SSSR count). The summed E-state index contributed by atoms with van der Waals surface area (Å²) in [5.41, 5.74) is -0.868. The Morgan fingerprint density at radius 2 is 2.27 bits per heavy atom. The van der Waals surface area contributed by atoms with Crippen molar-refractivity contribution in [2.45, 2.75) is 37.4 Å². The van der Waals surface area contributed by atoms with Crippen molar-refractivity contribution in [3.8, 4) is 0 Å². The summed E-state index contributed by atoms with van der Waals surface area (Å²) in [6.07, 6.45) is 2.97. The zero-order valence-corrected chi connectivity index (χ0v) is 7.01. The second-order valence-electron chi connectivity index (χ2n) is 3.40. The molecule has 1 fully saturated rings. The molecule has 0 spiro atoms. The average molecular weight is 159 g/mol. The predicted molar refractivity (Wildman–Crippen MR) is 43.4 cm³/mol. The van der Waals surface area contributed by atoms with E-state index in [1.807, 2.05) is 0 Å². The SMILES string of the molecule is CNCC1(O)CCCCC1O. The molecule has 0 aliphatic heterocycles. The quantitative estimate of drug-likeness (QED) is 0.526. The Morgan fingerprint density at radius 3 is 2.82 bits per heavy atom. The maximum absolute atomic E-state index is 9.83. The first-order valence-corrected chi connectivity index (χ1v) is 4.24. The maximum atomic E-state index is 9.83. The zero-order valence-electron chi connectivity index (χ0n) is 7.01.